The molecule has 5 rings (SSSR count). The number of H-pyrrole nitrogens is 1. The first-order valence-electron chi connectivity index (χ1n) is 10.9. The van der Waals surface area contributed by atoms with E-state index in [0.29, 0.717) is 6.61 Å². The molecule has 2 aromatic heterocycles. The summed E-state index contributed by atoms with van der Waals surface area (Å²) in [7, 11) is 1.72. The van der Waals surface area contributed by atoms with Crippen molar-refractivity contribution in [2.45, 2.75) is 32.1 Å². The number of nitrogens with one attached hydrogen (secondary N) is 1. The minimum Gasteiger partial charge on any atom is -0.493 e. The number of benzene rings is 1. The normalized spacial score (nSPS) is 17.6. The highest BCUT2D eigenvalue weighted by Crippen LogP contribution is 2.39. The lowest BCUT2D eigenvalue weighted by molar-refractivity contribution is 0.254. The Bertz CT molecular complexity index is 987. The first-order valence-corrected chi connectivity index (χ1v) is 10.9. The number of nitrogens with zero attached hydrogens (tertiary/aromatic N) is 3. The Morgan fingerprint density at radius 1 is 1.00 bits per heavy atom. The van der Waals surface area contributed by atoms with E-state index in [0.717, 1.165) is 59.8 Å². The molecule has 2 saturated heterocycles. The van der Waals surface area contributed by atoms with E-state index < -0.39 is 0 Å². The molecule has 0 unspecified atom stereocenters. The standard InChI is InChI=1S/C23H30N4O2/c1-28-20-15-17-19(16-21(20)29-14-6-11-26-9-2-3-10-26)25-18-7-8-24-23(22(17)18)27-12-4-5-13-27/h7-8,15-16,25H,2-6,9-14H2,1H3. The van der Waals surface area contributed by atoms with Gasteiger partial charge in [-0.05, 0) is 57.3 Å². The molecule has 154 valence electrons. The van der Waals surface area contributed by atoms with Gasteiger partial charge in [0, 0.05) is 37.3 Å². The van der Waals surface area contributed by atoms with Crippen LogP contribution >= 0.6 is 0 Å². The molecule has 0 spiro atoms. The van der Waals surface area contributed by atoms with E-state index in [9.17, 15) is 0 Å². The monoisotopic (exact) mass is 394 g/mol. The third kappa shape index (κ3) is 3.62. The molecule has 2 aliphatic heterocycles. The minimum atomic E-state index is 0.708. The summed E-state index contributed by atoms with van der Waals surface area (Å²) >= 11 is 0. The van der Waals surface area contributed by atoms with Gasteiger partial charge in [-0.1, -0.05) is 0 Å². The molecular formula is C23H30N4O2. The molecule has 6 heteroatoms. The summed E-state index contributed by atoms with van der Waals surface area (Å²) in [5, 5.41) is 2.33. The summed E-state index contributed by atoms with van der Waals surface area (Å²) in [5.74, 6) is 2.67. The lowest BCUT2D eigenvalue weighted by Crippen LogP contribution is -2.21. The van der Waals surface area contributed by atoms with Crippen LogP contribution in [0, 0.1) is 0 Å². The molecule has 1 aromatic carbocycles. The van der Waals surface area contributed by atoms with Gasteiger partial charge >= 0.3 is 0 Å². The van der Waals surface area contributed by atoms with Gasteiger partial charge in [0.05, 0.1) is 30.1 Å². The zero-order valence-corrected chi connectivity index (χ0v) is 17.2. The smallest absolute Gasteiger partial charge is 0.163 e. The average molecular weight is 395 g/mol. The van der Waals surface area contributed by atoms with E-state index in [2.05, 4.69) is 33.0 Å². The number of aromatic amines is 1. The van der Waals surface area contributed by atoms with Crippen molar-refractivity contribution in [1.82, 2.24) is 14.9 Å². The van der Waals surface area contributed by atoms with Gasteiger partial charge in [0.2, 0.25) is 0 Å². The predicted molar refractivity (Wildman–Crippen MR) is 117 cm³/mol. The van der Waals surface area contributed by atoms with Crippen LogP contribution in [0.4, 0.5) is 5.82 Å². The number of fused-ring (bicyclic) bond motifs is 3. The van der Waals surface area contributed by atoms with Gasteiger partial charge in [-0.2, -0.15) is 0 Å². The van der Waals surface area contributed by atoms with Crippen molar-refractivity contribution in [3.05, 3.63) is 24.4 Å². The molecule has 0 amide bonds. The number of anilines is 1. The molecule has 1 N–H and O–H groups in total. The fourth-order valence-corrected chi connectivity index (χ4v) is 4.75. The summed E-state index contributed by atoms with van der Waals surface area (Å²) in [6, 6.07) is 6.24. The SMILES string of the molecule is COc1cc2c(cc1OCCCN1CCCC1)[nH]c1ccnc(N3CCCC3)c12. The van der Waals surface area contributed by atoms with Crippen LogP contribution < -0.4 is 14.4 Å². The van der Waals surface area contributed by atoms with Crippen molar-refractivity contribution in [2.75, 3.05) is 51.3 Å². The lowest BCUT2D eigenvalue weighted by Gasteiger charge is -2.17. The van der Waals surface area contributed by atoms with Crippen molar-refractivity contribution in [1.29, 1.82) is 0 Å². The van der Waals surface area contributed by atoms with E-state index in [1.807, 2.05) is 6.20 Å². The molecule has 4 heterocycles. The quantitative estimate of drug-likeness (QED) is 0.609. The molecular weight excluding hydrogens is 364 g/mol. The van der Waals surface area contributed by atoms with E-state index in [1.165, 1.54) is 44.2 Å². The fraction of sp³-hybridized carbons (Fsp3) is 0.522. The van der Waals surface area contributed by atoms with Crippen molar-refractivity contribution < 1.29 is 9.47 Å². The first kappa shape index (κ1) is 18.6. The van der Waals surface area contributed by atoms with Crippen LogP contribution in [-0.4, -0.2) is 61.3 Å². The Morgan fingerprint density at radius 2 is 1.79 bits per heavy atom. The second-order valence-corrected chi connectivity index (χ2v) is 8.18. The summed E-state index contributed by atoms with van der Waals surface area (Å²) < 4.78 is 11.8. The topological polar surface area (TPSA) is 53.6 Å². The van der Waals surface area contributed by atoms with Crippen LogP contribution in [0.15, 0.2) is 24.4 Å². The third-order valence-corrected chi connectivity index (χ3v) is 6.25. The molecule has 3 aromatic rings. The van der Waals surface area contributed by atoms with Crippen LogP contribution in [0.2, 0.25) is 0 Å². The Hall–Kier alpha value is -2.47. The van der Waals surface area contributed by atoms with Gasteiger partial charge in [-0.25, -0.2) is 4.98 Å². The van der Waals surface area contributed by atoms with Gasteiger partial charge in [-0.3, -0.25) is 0 Å². The zero-order chi connectivity index (χ0) is 19.6. The Balaban J connectivity index is 1.42. The highest BCUT2D eigenvalue weighted by Gasteiger charge is 2.20. The summed E-state index contributed by atoms with van der Waals surface area (Å²) in [6.45, 7) is 6.44. The van der Waals surface area contributed by atoms with Gasteiger partial charge < -0.3 is 24.3 Å². The Kier molecular flexibility index (Phi) is 5.19. The lowest BCUT2D eigenvalue weighted by atomic mass is 10.1. The van der Waals surface area contributed by atoms with Crippen LogP contribution in [0.5, 0.6) is 11.5 Å². The van der Waals surface area contributed by atoms with E-state index >= 15 is 0 Å². The van der Waals surface area contributed by atoms with Crippen molar-refractivity contribution in [3.63, 3.8) is 0 Å². The first-order chi connectivity index (χ1) is 14.3. The maximum absolute atomic E-state index is 6.12. The van der Waals surface area contributed by atoms with Gasteiger partial charge in [0.15, 0.2) is 11.5 Å². The van der Waals surface area contributed by atoms with Gasteiger partial charge in [0.1, 0.15) is 5.82 Å². The number of hydrogen-bond donors (Lipinski definition) is 1. The molecule has 0 aliphatic carbocycles. The molecule has 0 bridgehead atoms. The Morgan fingerprint density at radius 3 is 2.59 bits per heavy atom. The number of ether oxygens (including phenoxy) is 2. The highest BCUT2D eigenvalue weighted by molar-refractivity contribution is 6.13. The summed E-state index contributed by atoms with van der Waals surface area (Å²) in [5.41, 5.74) is 2.19. The Labute approximate surface area is 171 Å². The molecule has 0 atom stereocenters. The van der Waals surface area contributed by atoms with Crippen LogP contribution in [0.3, 0.4) is 0 Å². The minimum absolute atomic E-state index is 0.708. The van der Waals surface area contributed by atoms with Crippen molar-refractivity contribution in [3.8, 4) is 11.5 Å². The van der Waals surface area contributed by atoms with Crippen molar-refractivity contribution >= 4 is 27.6 Å². The number of aromatic nitrogens is 2. The zero-order valence-electron chi connectivity index (χ0n) is 17.2. The van der Waals surface area contributed by atoms with Crippen LogP contribution in [-0.2, 0) is 0 Å². The number of hydrogen-bond acceptors (Lipinski definition) is 5. The average Bonchev–Trinajstić information content (AvgIpc) is 3.51. The maximum atomic E-state index is 6.12. The maximum Gasteiger partial charge on any atom is 0.163 e. The number of rotatable bonds is 7. The molecule has 0 saturated carbocycles. The number of methoxy groups -OCH3 is 1. The van der Waals surface area contributed by atoms with Crippen LogP contribution in [0.25, 0.3) is 21.8 Å². The number of likely N-dealkylation sites (tertiary alicyclic amines) is 1. The summed E-state index contributed by atoms with van der Waals surface area (Å²) in [4.78, 5) is 13.2. The third-order valence-electron chi connectivity index (χ3n) is 6.25. The second-order valence-electron chi connectivity index (χ2n) is 8.18. The molecule has 6 nitrogen and oxygen atoms in total. The van der Waals surface area contributed by atoms with Gasteiger partial charge in [0.25, 0.3) is 0 Å². The van der Waals surface area contributed by atoms with Gasteiger partial charge in [-0.15, -0.1) is 0 Å². The molecule has 2 fully saturated rings. The summed E-state index contributed by atoms with van der Waals surface area (Å²) in [6.07, 6.45) is 8.08. The largest absolute Gasteiger partial charge is 0.493 e. The highest BCUT2D eigenvalue weighted by atomic mass is 16.5. The number of pyridine rings is 1. The van der Waals surface area contributed by atoms with E-state index in [4.69, 9.17) is 14.5 Å². The fourth-order valence-electron chi connectivity index (χ4n) is 4.75. The van der Waals surface area contributed by atoms with E-state index in [-0.39, 0.29) is 0 Å². The molecule has 29 heavy (non-hydrogen) atoms. The molecule has 0 radical (unpaired) electrons. The predicted octanol–water partition coefficient (Wildman–Crippen LogP) is 4.19. The van der Waals surface area contributed by atoms with Crippen LogP contribution in [0.1, 0.15) is 32.1 Å². The van der Waals surface area contributed by atoms with E-state index in [1.54, 1.807) is 7.11 Å². The second kappa shape index (κ2) is 8.11. The van der Waals surface area contributed by atoms with Crippen molar-refractivity contribution in [2.24, 2.45) is 0 Å². The molecule has 2 aliphatic rings.